The molecule has 0 fully saturated rings. The van der Waals surface area contributed by atoms with Crippen LogP contribution in [-0.2, 0) is 6.54 Å². The van der Waals surface area contributed by atoms with Crippen LogP contribution in [0.4, 0.5) is 0 Å². The number of hydrazone groups is 1. The first kappa shape index (κ1) is 7.16. The molecule has 1 aromatic rings. The fraction of sp³-hybridized carbons (Fsp3) is 0.222. The maximum Gasteiger partial charge on any atom is 0.118 e. The second kappa shape index (κ2) is 2.52. The Morgan fingerprint density at radius 2 is 2.33 bits per heavy atom. The minimum atomic E-state index is 0.353. The Kier molecular flexibility index (Phi) is 1.50. The summed E-state index contributed by atoms with van der Waals surface area (Å²) in [5, 5.41) is 13.3. The number of aromatic hydroxyl groups is 1. The van der Waals surface area contributed by atoms with Crippen molar-refractivity contribution in [2.24, 2.45) is 5.10 Å². The van der Waals surface area contributed by atoms with Gasteiger partial charge in [0.15, 0.2) is 0 Å². The molecule has 0 bridgehead atoms. The number of fused-ring (bicyclic) bond motifs is 1. The Hall–Kier alpha value is -1.51. The molecule has 0 saturated carbocycles. The number of hydrogen-bond donors (Lipinski definition) is 2. The van der Waals surface area contributed by atoms with E-state index >= 15 is 0 Å². The molecule has 0 spiro atoms. The Labute approximate surface area is 70.7 Å². The van der Waals surface area contributed by atoms with Gasteiger partial charge in [-0.25, -0.2) is 0 Å². The van der Waals surface area contributed by atoms with Crippen molar-refractivity contribution in [2.45, 2.75) is 13.5 Å². The first-order valence-electron chi connectivity index (χ1n) is 3.86. The van der Waals surface area contributed by atoms with Gasteiger partial charge >= 0.3 is 0 Å². The third-order valence-electron chi connectivity index (χ3n) is 2.02. The number of aryl methyl sites for hydroxylation is 1. The molecule has 1 aliphatic rings. The van der Waals surface area contributed by atoms with E-state index in [1.807, 2.05) is 13.0 Å². The fourth-order valence-corrected chi connectivity index (χ4v) is 1.28. The highest BCUT2D eigenvalue weighted by atomic mass is 16.3. The van der Waals surface area contributed by atoms with Crippen LogP contribution in [0.3, 0.4) is 0 Å². The first-order chi connectivity index (χ1) is 5.77. The molecule has 0 unspecified atom stereocenters. The van der Waals surface area contributed by atoms with Gasteiger partial charge in [0.05, 0.1) is 12.8 Å². The van der Waals surface area contributed by atoms with Gasteiger partial charge in [0, 0.05) is 5.56 Å². The zero-order chi connectivity index (χ0) is 8.55. The molecule has 0 amide bonds. The van der Waals surface area contributed by atoms with Crippen molar-refractivity contribution in [3.63, 3.8) is 0 Å². The van der Waals surface area contributed by atoms with Gasteiger partial charge in [0.1, 0.15) is 5.75 Å². The lowest BCUT2D eigenvalue weighted by atomic mass is 10.0. The molecular formula is C9H10N2O. The lowest BCUT2D eigenvalue weighted by Crippen LogP contribution is -2.13. The molecule has 0 saturated heterocycles. The maximum absolute atomic E-state index is 9.40. The van der Waals surface area contributed by atoms with Crippen molar-refractivity contribution < 1.29 is 5.11 Å². The molecule has 3 heteroatoms. The summed E-state index contributed by atoms with van der Waals surface area (Å²) in [6.07, 6.45) is 1.77. The molecule has 12 heavy (non-hydrogen) atoms. The molecule has 0 aromatic heterocycles. The van der Waals surface area contributed by atoms with E-state index in [-0.39, 0.29) is 0 Å². The number of nitrogens with zero attached hydrogens (tertiary/aromatic N) is 1. The van der Waals surface area contributed by atoms with Crippen LogP contribution in [0.5, 0.6) is 5.75 Å². The molecule has 0 atom stereocenters. The predicted molar refractivity (Wildman–Crippen MR) is 47.3 cm³/mol. The van der Waals surface area contributed by atoms with Crippen LogP contribution < -0.4 is 5.43 Å². The third kappa shape index (κ3) is 1.03. The second-order valence-corrected chi connectivity index (χ2v) is 2.93. The Morgan fingerprint density at radius 3 is 3.17 bits per heavy atom. The van der Waals surface area contributed by atoms with Crippen molar-refractivity contribution in [1.82, 2.24) is 5.43 Å². The van der Waals surface area contributed by atoms with Crippen LogP contribution in [-0.4, -0.2) is 11.3 Å². The molecule has 1 aliphatic heterocycles. The average Bonchev–Trinajstić information content (AvgIpc) is 2.07. The van der Waals surface area contributed by atoms with Crippen molar-refractivity contribution in [3.8, 4) is 5.75 Å². The van der Waals surface area contributed by atoms with Crippen LogP contribution in [0.25, 0.3) is 0 Å². The van der Waals surface area contributed by atoms with E-state index in [4.69, 9.17) is 0 Å². The standard InChI is InChI=1S/C9H10N2O/c1-6-2-7-4-10-11-5-8(7)3-9(6)12/h2-4,11-12H,5H2,1H3. The zero-order valence-corrected chi connectivity index (χ0v) is 6.83. The molecule has 1 heterocycles. The van der Waals surface area contributed by atoms with E-state index in [2.05, 4.69) is 10.5 Å². The summed E-state index contributed by atoms with van der Waals surface area (Å²) in [4.78, 5) is 0. The lowest BCUT2D eigenvalue weighted by molar-refractivity contribution is 0.469. The van der Waals surface area contributed by atoms with Crippen LogP contribution in [0.2, 0.25) is 0 Å². The monoisotopic (exact) mass is 162 g/mol. The van der Waals surface area contributed by atoms with Crippen LogP contribution in [0, 0.1) is 6.92 Å². The normalized spacial score (nSPS) is 13.8. The van der Waals surface area contributed by atoms with Crippen LogP contribution in [0.15, 0.2) is 17.2 Å². The summed E-state index contributed by atoms with van der Waals surface area (Å²) >= 11 is 0. The van der Waals surface area contributed by atoms with Gasteiger partial charge in [0.25, 0.3) is 0 Å². The average molecular weight is 162 g/mol. The minimum Gasteiger partial charge on any atom is -0.508 e. The van der Waals surface area contributed by atoms with E-state index in [1.54, 1.807) is 12.3 Å². The number of rotatable bonds is 0. The molecule has 2 rings (SSSR count). The molecule has 0 aliphatic carbocycles. The molecule has 62 valence electrons. The van der Waals surface area contributed by atoms with Gasteiger partial charge < -0.3 is 10.5 Å². The molecule has 3 nitrogen and oxygen atoms in total. The van der Waals surface area contributed by atoms with E-state index in [0.29, 0.717) is 12.3 Å². The van der Waals surface area contributed by atoms with Gasteiger partial charge in [-0.15, -0.1) is 0 Å². The topological polar surface area (TPSA) is 44.6 Å². The van der Waals surface area contributed by atoms with Crippen molar-refractivity contribution in [1.29, 1.82) is 0 Å². The Bertz CT molecular complexity index is 345. The number of nitrogens with one attached hydrogen (secondary N) is 1. The first-order valence-corrected chi connectivity index (χ1v) is 3.86. The van der Waals surface area contributed by atoms with Gasteiger partial charge in [0.2, 0.25) is 0 Å². The zero-order valence-electron chi connectivity index (χ0n) is 6.83. The molecule has 2 N–H and O–H groups in total. The summed E-state index contributed by atoms with van der Waals surface area (Å²) in [6, 6.07) is 3.72. The molecular weight excluding hydrogens is 152 g/mol. The lowest BCUT2D eigenvalue weighted by Gasteiger charge is -2.12. The molecule has 1 aromatic carbocycles. The van der Waals surface area contributed by atoms with E-state index in [0.717, 1.165) is 16.7 Å². The number of phenolic OH excluding ortho intramolecular Hbond substituents is 1. The quantitative estimate of drug-likeness (QED) is 0.600. The number of hydrogen-bond acceptors (Lipinski definition) is 3. The van der Waals surface area contributed by atoms with E-state index in [1.165, 1.54) is 0 Å². The minimum absolute atomic E-state index is 0.353. The summed E-state index contributed by atoms with van der Waals surface area (Å²) in [7, 11) is 0. The van der Waals surface area contributed by atoms with E-state index < -0.39 is 0 Å². The van der Waals surface area contributed by atoms with Gasteiger partial charge in [-0.1, -0.05) is 0 Å². The second-order valence-electron chi connectivity index (χ2n) is 2.93. The van der Waals surface area contributed by atoms with Gasteiger partial charge in [-0.3, -0.25) is 0 Å². The smallest absolute Gasteiger partial charge is 0.118 e. The highest BCUT2D eigenvalue weighted by Crippen LogP contribution is 2.21. The Balaban J connectivity index is 2.58. The fourth-order valence-electron chi connectivity index (χ4n) is 1.28. The maximum atomic E-state index is 9.40. The van der Waals surface area contributed by atoms with Crippen molar-refractivity contribution in [2.75, 3.05) is 0 Å². The van der Waals surface area contributed by atoms with Gasteiger partial charge in [-0.2, -0.15) is 5.10 Å². The Morgan fingerprint density at radius 1 is 1.50 bits per heavy atom. The summed E-state index contributed by atoms with van der Waals surface area (Å²) in [5.41, 5.74) is 5.91. The van der Waals surface area contributed by atoms with Crippen molar-refractivity contribution >= 4 is 6.21 Å². The highest BCUT2D eigenvalue weighted by molar-refractivity contribution is 5.83. The van der Waals surface area contributed by atoms with E-state index in [9.17, 15) is 5.11 Å². The van der Waals surface area contributed by atoms with Crippen LogP contribution >= 0.6 is 0 Å². The third-order valence-corrected chi connectivity index (χ3v) is 2.02. The predicted octanol–water partition coefficient (Wildman–Crippen LogP) is 1.14. The summed E-state index contributed by atoms with van der Waals surface area (Å²) in [6.45, 7) is 2.57. The van der Waals surface area contributed by atoms with Gasteiger partial charge in [-0.05, 0) is 30.2 Å². The number of benzene rings is 1. The van der Waals surface area contributed by atoms with Crippen molar-refractivity contribution in [3.05, 3.63) is 28.8 Å². The molecule has 0 radical (unpaired) electrons. The van der Waals surface area contributed by atoms with Crippen LogP contribution in [0.1, 0.15) is 16.7 Å². The summed E-state index contributed by atoms with van der Waals surface area (Å²) < 4.78 is 0. The largest absolute Gasteiger partial charge is 0.508 e. The SMILES string of the molecule is Cc1cc2c(cc1O)CNN=C2. The number of phenols is 1. The highest BCUT2D eigenvalue weighted by Gasteiger charge is 2.07. The summed E-state index contributed by atoms with van der Waals surface area (Å²) in [5.74, 6) is 0.353.